The predicted octanol–water partition coefficient (Wildman–Crippen LogP) is 1.11. The van der Waals surface area contributed by atoms with Gasteiger partial charge in [-0.15, -0.1) is 0 Å². The number of nitrogens with zero attached hydrogens (tertiary/aromatic N) is 1. The van der Waals surface area contributed by atoms with Gasteiger partial charge >= 0.3 is 0 Å². The van der Waals surface area contributed by atoms with Crippen LogP contribution in [0.2, 0.25) is 0 Å². The number of anilines is 2. The standard InChI is InChI=1S/C13H18N2O3S/c1-18-12-4-2-3-11-13(12)14-6-5-10-9-19(16,17)8-7-15(10)11/h2-4,10,14H,5-9H2,1H3. The number of sulfone groups is 1. The molecule has 6 heteroatoms. The molecule has 0 aromatic heterocycles. The van der Waals surface area contributed by atoms with Crippen molar-refractivity contribution in [3.63, 3.8) is 0 Å². The van der Waals surface area contributed by atoms with Crippen LogP contribution in [0.1, 0.15) is 6.42 Å². The molecule has 2 heterocycles. The van der Waals surface area contributed by atoms with E-state index in [1.807, 2.05) is 18.2 Å². The van der Waals surface area contributed by atoms with Gasteiger partial charge in [0.15, 0.2) is 9.84 Å². The van der Waals surface area contributed by atoms with Crippen molar-refractivity contribution in [2.45, 2.75) is 12.5 Å². The number of hydrogen-bond acceptors (Lipinski definition) is 5. The van der Waals surface area contributed by atoms with Gasteiger partial charge < -0.3 is 15.0 Å². The molecule has 104 valence electrons. The fourth-order valence-corrected chi connectivity index (χ4v) is 4.49. The zero-order chi connectivity index (χ0) is 13.5. The van der Waals surface area contributed by atoms with Crippen molar-refractivity contribution in [2.24, 2.45) is 0 Å². The van der Waals surface area contributed by atoms with Gasteiger partial charge in [-0.3, -0.25) is 0 Å². The summed E-state index contributed by atoms with van der Waals surface area (Å²) in [4.78, 5) is 2.21. The second-order valence-corrected chi connectivity index (χ2v) is 7.26. The van der Waals surface area contributed by atoms with Gasteiger partial charge in [0.05, 0.1) is 24.3 Å². The topological polar surface area (TPSA) is 58.6 Å². The maximum atomic E-state index is 11.8. The molecule has 1 N–H and O–H groups in total. The molecule has 0 radical (unpaired) electrons. The number of benzene rings is 1. The molecule has 0 saturated carbocycles. The highest BCUT2D eigenvalue weighted by Gasteiger charge is 2.34. The van der Waals surface area contributed by atoms with E-state index in [0.717, 1.165) is 30.1 Å². The maximum Gasteiger partial charge on any atom is 0.154 e. The Bertz CT molecular complexity index is 586. The van der Waals surface area contributed by atoms with Gasteiger partial charge in [0.25, 0.3) is 0 Å². The molecule has 2 aliphatic heterocycles. The van der Waals surface area contributed by atoms with Crippen LogP contribution in [0.5, 0.6) is 5.75 Å². The highest BCUT2D eigenvalue weighted by Crippen LogP contribution is 2.39. The summed E-state index contributed by atoms with van der Waals surface area (Å²) >= 11 is 0. The van der Waals surface area contributed by atoms with Crippen molar-refractivity contribution < 1.29 is 13.2 Å². The highest BCUT2D eigenvalue weighted by atomic mass is 32.2. The normalized spacial score (nSPS) is 24.7. The molecule has 1 aromatic carbocycles. The van der Waals surface area contributed by atoms with E-state index in [-0.39, 0.29) is 17.5 Å². The summed E-state index contributed by atoms with van der Waals surface area (Å²) in [5.74, 6) is 1.30. The molecule has 2 aliphatic rings. The lowest BCUT2D eigenvalue weighted by molar-refractivity contribution is 0.416. The number of ether oxygens (including phenoxy) is 1. The molecule has 0 aliphatic carbocycles. The van der Waals surface area contributed by atoms with Crippen molar-refractivity contribution in [3.05, 3.63) is 18.2 Å². The Morgan fingerprint density at radius 3 is 3.05 bits per heavy atom. The Kier molecular flexibility index (Phi) is 3.05. The van der Waals surface area contributed by atoms with E-state index in [9.17, 15) is 8.42 Å². The van der Waals surface area contributed by atoms with Crippen molar-refractivity contribution in [1.82, 2.24) is 0 Å². The first-order valence-corrected chi connectivity index (χ1v) is 8.31. The van der Waals surface area contributed by atoms with E-state index in [1.165, 1.54) is 0 Å². The average molecular weight is 282 g/mol. The number of para-hydroxylation sites is 1. The van der Waals surface area contributed by atoms with Crippen LogP contribution in [0, 0.1) is 0 Å². The van der Waals surface area contributed by atoms with Crippen molar-refractivity contribution in [2.75, 3.05) is 41.9 Å². The van der Waals surface area contributed by atoms with E-state index in [2.05, 4.69) is 10.2 Å². The zero-order valence-electron chi connectivity index (χ0n) is 10.9. The lowest BCUT2D eigenvalue weighted by Gasteiger charge is -2.36. The smallest absolute Gasteiger partial charge is 0.154 e. The second-order valence-electron chi connectivity index (χ2n) is 5.03. The van der Waals surface area contributed by atoms with Gasteiger partial charge in [-0.1, -0.05) is 6.07 Å². The van der Waals surface area contributed by atoms with Gasteiger partial charge in [0, 0.05) is 19.1 Å². The molecule has 5 nitrogen and oxygen atoms in total. The molecule has 1 saturated heterocycles. The van der Waals surface area contributed by atoms with Crippen molar-refractivity contribution in [3.8, 4) is 5.75 Å². The molecule has 0 spiro atoms. The van der Waals surface area contributed by atoms with E-state index >= 15 is 0 Å². The predicted molar refractivity (Wildman–Crippen MR) is 75.9 cm³/mol. The summed E-state index contributed by atoms with van der Waals surface area (Å²) in [5, 5.41) is 3.37. The summed E-state index contributed by atoms with van der Waals surface area (Å²) < 4.78 is 28.9. The fourth-order valence-electron chi connectivity index (χ4n) is 2.91. The molecule has 3 rings (SSSR count). The van der Waals surface area contributed by atoms with Gasteiger partial charge in [-0.05, 0) is 18.6 Å². The molecule has 1 unspecified atom stereocenters. The van der Waals surface area contributed by atoms with Crippen molar-refractivity contribution in [1.29, 1.82) is 0 Å². The minimum atomic E-state index is -2.89. The molecule has 1 fully saturated rings. The van der Waals surface area contributed by atoms with Crippen LogP contribution in [0.25, 0.3) is 0 Å². The van der Waals surface area contributed by atoms with E-state index in [0.29, 0.717) is 6.54 Å². The van der Waals surface area contributed by atoms with Gasteiger partial charge in [0.1, 0.15) is 11.4 Å². The number of rotatable bonds is 1. The Balaban J connectivity index is 2.03. The third-order valence-electron chi connectivity index (χ3n) is 3.84. The van der Waals surface area contributed by atoms with Crippen LogP contribution in [0.4, 0.5) is 11.4 Å². The van der Waals surface area contributed by atoms with Gasteiger partial charge in [-0.2, -0.15) is 0 Å². The van der Waals surface area contributed by atoms with E-state index < -0.39 is 9.84 Å². The highest BCUT2D eigenvalue weighted by molar-refractivity contribution is 7.91. The second kappa shape index (κ2) is 4.59. The molecule has 1 atom stereocenters. The van der Waals surface area contributed by atoms with Gasteiger partial charge in [-0.25, -0.2) is 8.42 Å². The molecule has 0 amide bonds. The minimum absolute atomic E-state index is 0.0691. The van der Waals surface area contributed by atoms with Crippen LogP contribution >= 0.6 is 0 Å². The summed E-state index contributed by atoms with van der Waals surface area (Å²) in [6.07, 6.45) is 0.830. The Morgan fingerprint density at radius 2 is 2.26 bits per heavy atom. The summed E-state index contributed by atoms with van der Waals surface area (Å²) in [7, 11) is -1.24. The first-order chi connectivity index (χ1) is 9.11. The molecule has 0 bridgehead atoms. The average Bonchev–Trinajstić information content (AvgIpc) is 2.55. The Hall–Kier alpha value is -1.43. The van der Waals surface area contributed by atoms with Gasteiger partial charge in [0.2, 0.25) is 0 Å². The first-order valence-electron chi connectivity index (χ1n) is 6.49. The van der Waals surface area contributed by atoms with Crippen LogP contribution in [0.3, 0.4) is 0 Å². The fraction of sp³-hybridized carbons (Fsp3) is 0.538. The third-order valence-corrected chi connectivity index (χ3v) is 5.54. The summed E-state index contributed by atoms with van der Waals surface area (Å²) in [5.41, 5.74) is 2.03. The number of methoxy groups -OCH3 is 1. The van der Waals surface area contributed by atoms with E-state index in [4.69, 9.17) is 4.74 Å². The number of fused-ring (bicyclic) bond motifs is 3. The lowest BCUT2D eigenvalue weighted by Crippen LogP contribution is -2.48. The number of hydrogen-bond donors (Lipinski definition) is 1. The van der Waals surface area contributed by atoms with E-state index in [1.54, 1.807) is 7.11 Å². The van der Waals surface area contributed by atoms with Crippen LogP contribution in [-0.2, 0) is 9.84 Å². The Morgan fingerprint density at radius 1 is 1.42 bits per heavy atom. The monoisotopic (exact) mass is 282 g/mol. The Labute approximate surface area is 113 Å². The number of nitrogens with one attached hydrogen (secondary N) is 1. The zero-order valence-corrected chi connectivity index (χ0v) is 11.7. The van der Waals surface area contributed by atoms with Crippen LogP contribution in [0.15, 0.2) is 18.2 Å². The molecular weight excluding hydrogens is 264 g/mol. The summed E-state index contributed by atoms with van der Waals surface area (Å²) in [6, 6.07) is 5.97. The SMILES string of the molecule is COc1cccc2c1NCCC1CS(=O)(=O)CCN21. The van der Waals surface area contributed by atoms with Crippen LogP contribution < -0.4 is 15.0 Å². The minimum Gasteiger partial charge on any atom is -0.495 e. The third kappa shape index (κ3) is 2.25. The largest absolute Gasteiger partial charge is 0.495 e. The molecule has 19 heavy (non-hydrogen) atoms. The van der Waals surface area contributed by atoms with Crippen molar-refractivity contribution >= 4 is 21.2 Å². The molecular formula is C13H18N2O3S. The molecule has 1 aromatic rings. The maximum absolute atomic E-state index is 11.8. The van der Waals surface area contributed by atoms with Crippen LogP contribution in [-0.4, -0.2) is 46.2 Å². The summed E-state index contributed by atoms with van der Waals surface area (Å²) in [6.45, 7) is 1.33. The quantitative estimate of drug-likeness (QED) is 0.836. The first kappa shape index (κ1) is 12.6. The lowest BCUT2D eigenvalue weighted by atomic mass is 10.1.